The number of likely N-dealkylation sites (N-methyl/N-ethyl adjacent to an activating group) is 1. The zero-order valence-electron chi connectivity index (χ0n) is 18.6. The summed E-state index contributed by atoms with van der Waals surface area (Å²) in [5, 5.41) is 13.1. The highest BCUT2D eigenvalue weighted by Crippen LogP contribution is 2.31. The quantitative estimate of drug-likeness (QED) is 0.450. The van der Waals surface area contributed by atoms with Gasteiger partial charge in [-0.15, -0.1) is 5.10 Å². The number of carbonyl (C=O) groups is 1. The van der Waals surface area contributed by atoms with E-state index in [0.29, 0.717) is 29.5 Å². The van der Waals surface area contributed by atoms with Crippen molar-refractivity contribution in [1.82, 2.24) is 39.2 Å². The second kappa shape index (κ2) is 7.49. The fourth-order valence-electron chi connectivity index (χ4n) is 4.99. The van der Waals surface area contributed by atoms with Gasteiger partial charge in [-0.05, 0) is 48.5 Å². The minimum Gasteiger partial charge on any atom is -0.343 e. The minimum absolute atomic E-state index is 0.0883. The van der Waals surface area contributed by atoms with Crippen molar-refractivity contribution >= 4 is 44.3 Å². The van der Waals surface area contributed by atoms with Gasteiger partial charge in [0.15, 0.2) is 11.5 Å². The van der Waals surface area contributed by atoms with E-state index in [1.807, 2.05) is 43.3 Å². The smallest absolute Gasteiger partial charge is 0.245 e. The first kappa shape index (κ1) is 20.5. The van der Waals surface area contributed by atoms with Gasteiger partial charge in [0.2, 0.25) is 11.9 Å². The van der Waals surface area contributed by atoms with Gasteiger partial charge >= 0.3 is 0 Å². The second-order valence-corrected chi connectivity index (χ2v) is 9.84. The predicted octanol–water partition coefficient (Wildman–Crippen LogP) is 2.16. The number of nitrogens with zero attached hydrogens (tertiary/aromatic N) is 8. The number of nitrogens with one attached hydrogen (secondary N) is 1. The first-order valence-electron chi connectivity index (χ1n) is 11.0. The van der Waals surface area contributed by atoms with Crippen LogP contribution in [0.1, 0.15) is 13.3 Å². The standard InChI is InChI=1S/C22H24BrN9O/c1-12(21(33)31-11-14-7-15(31)10-29(14)2)25-22-26-18-16(5-4-6-17(18)23)20-27-19(28-32(20)22)13-8-24-30(3)9-13/h4-6,8-9,12,14-15H,7,10-11H2,1-3H3,(H,25,26)/t12-,14-,15-/m1/s1. The van der Waals surface area contributed by atoms with Gasteiger partial charge in [-0.2, -0.15) is 9.61 Å². The van der Waals surface area contributed by atoms with Gasteiger partial charge in [0.25, 0.3) is 0 Å². The van der Waals surface area contributed by atoms with Crippen LogP contribution in [0.25, 0.3) is 27.9 Å². The maximum absolute atomic E-state index is 13.3. The van der Waals surface area contributed by atoms with Gasteiger partial charge in [-0.3, -0.25) is 14.4 Å². The fourth-order valence-corrected chi connectivity index (χ4v) is 5.44. The lowest BCUT2D eigenvalue weighted by Gasteiger charge is -2.33. The van der Waals surface area contributed by atoms with Crippen LogP contribution in [-0.2, 0) is 11.8 Å². The average Bonchev–Trinajstić information content (AvgIpc) is 3.56. The molecule has 0 radical (unpaired) electrons. The van der Waals surface area contributed by atoms with E-state index in [2.05, 4.69) is 38.3 Å². The molecular formula is C22H24BrN9O. The SMILES string of the molecule is C[C@@H](Nc1nc2c(Br)cccc2c2nc(-c3cnn(C)c3)nn12)C(=O)N1C[C@H]2C[C@@H]1CN2C. The summed E-state index contributed by atoms with van der Waals surface area (Å²) in [6, 6.07) is 6.17. The molecule has 11 heteroatoms. The second-order valence-electron chi connectivity index (χ2n) is 8.98. The monoisotopic (exact) mass is 509 g/mol. The lowest BCUT2D eigenvalue weighted by atomic mass is 10.2. The molecule has 0 saturated carbocycles. The molecule has 1 aromatic carbocycles. The molecule has 2 saturated heterocycles. The van der Waals surface area contributed by atoms with E-state index in [1.54, 1.807) is 15.4 Å². The zero-order valence-corrected chi connectivity index (χ0v) is 20.2. The third-order valence-corrected chi connectivity index (χ3v) is 7.37. The van der Waals surface area contributed by atoms with Crippen LogP contribution in [0.4, 0.5) is 5.95 Å². The Morgan fingerprint density at radius 2 is 2.06 bits per heavy atom. The molecule has 2 bridgehead atoms. The summed E-state index contributed by atoms with van der Waals surface area (Å²) in [7, 11) is 3.99. The third-order valence-electron chi connectivity index (χ3n) is 6.73. The molecule has 170 valence electrons. The molecule has 2 aliphatic rings. The van der Waals surface area contributed by atoms with Crippen LogP contribution in [-0.4, -0.2) is 83.3 Å². The number of fused-ring (bicyclic) bond motifs is 5. The Morgan fingerprint density at radius 1 is 1.21 bits per heavy atom. The first-order chi connectivity index (χ1) is 15.9. The van der Waals surface area contributed by atoms with Crippen molar-refractivity contribution in [2.75, 3.05) is 25.5 Å². The maximum atomic E-state index is 13.3. The van der Waals surface area contributed by atoms with Crippen LogP contribution in [0.3, 0.4) is 0 Å². The number of halogens is 1. The fraction of sp³-hybridized carbons (Fsp3) is 0.409. The molecule has 10 nitrogen and oxygen atoms in total. The molecular weight excluding hydrogens is 486 g/mol. The molecule has 2 fully saturated rings. The zero-order chi connectivity index (χ0) is 22.9. The van der Waals surface area contributed by atoms with Gasteiger partial charge < -0.3 is 10.2 Å². The molecule has 1 amide bonds. The summed E-state index contributed by atoms with van der Waals surface area (Å²) in [4.78, 5) is 27.3. The van der Waals surface area contributed by atoms with Crippen LogP contribution < -0.4 is 5.32 Å². The Morgan fingerprint density at radius 3 is 2.76 bits per heavy atom. The normalized spacial score (nSPS) is 21.4. The summed E-state index contributed by atoms with van der Waals surface area (Å²) >= 11 is 3.61. The van der Waals surface area contributed by atoms with Crippen molar-refractivity contribution in [1.29, 1.82) is 0 Å². The Kier molecular flexibility index (Phi) is 4.66. The van der Waals surface area contributed by atoms with Crippen molar-refractivity contribution in [3.05, 3.63) is 35.1 Å². The number of benzene rings is 1. The molecule has 5 heterocycles. The van der Waals surface area contributed by atoms with Crippen LogP contribution in [0, 0.1) is 0 Å². The van der Waals surface area contributed by atoms with E-state index >= 15 is 0 Å². The molecule has 3 aromatic heterocycles. The Labute approximate surface area is 198 Å². The average molecular weight is 510 g/mol. The molecule has 0 aliphatic carbocycles. The lowest BCUT2D eigenvalue weighted by molar-refractivity contribution is -0.133. The minimum atomic E-state index is -0.448. The lowest BCUT2D eigenvalue weighted by Crippen LogP contribution is -2.51. The number of carbonyl (C=O) groups excluding carboxylic acids is 1. The van der Waals surface area contributed by atoms with Crippen molar-refractivity contribution in [3.63, 3.8) is 0 Å². The molecule has 0 spiro atoms. The molecule has 4 aromatic rings. The van der Waals surface area contributed by atoms with E-state index in [-0.39, 0.29) is 5.91 Å². The van der Waals surface area contributed by atoms with Crippen molar-refractivity contribution in [3.8, 4) is 11.4 Å². The highest BCUT2D eigenvalue weighted by molar-refractivity contribution is 9.10. The summed E-state index contributed by atoms with van der Waals surface area (Å²) in [6.07, 6.45) is 4.66. The number of likely N-dealkylation sites (tertiary alicyclic amines) is 2. The largest absolute Gasteiger partial charge is 0.343 e. The Balaban J connectivity index is 1.40. The van der Waals surface area contributed by atoms with Gasteiger partial charge in [-0.1, -0.05) is 6.07 Å². The third kappa shape index (κ3) is 3.29. The van der Waals surface area contributed by atoms with Crippen LogP contribution in [0.2, 0.25) is 0 Å². The van der Waals surface area contributed by atoms with E-state index in [1.165, 1.54) is 0 Å². The molecule has 33 heavy (non-hydrogen) atoms. The van der Waals surface area contributed by atoms with Crippen molar-refractivity contribution in [2.45, 2.75) is 31.5 Å². The van der Waals surface area contributed by atoms with E-state index in [9.17, 15) is 4.79 Å². The molecule has 1 N–H and O–H groups in total. The molecule has 2 aliphatic heterocycles. The number of aryl methyl sites for hydroxylation is 1. The predicted molar refractivity (Wildman–Crippen MR) is 128 cm³/mol. The van der Waals surface area contributed by atoms with Crippen LogP contribution in [0.5, 0.6) is 0 Å². The number of aromatic nitrogens is 6. The molecule has 6 rings (SSSR count). The summed E-state index contributed by atoms with van der Waals surface area (Å²) in [5.74, 6) is 1.12. The van der Waals surface area contributed by atoms with Crippen molar-refractivity contribution in [2.24, 2.45) is 7.05 Å². The number of piperazine rings is 1. The Hall–Kier alpha value is -3.05. The highest BCUT2D eigenvalue weighted by Gasteiger charge is 2.44. The van der Waals surface area contributed by atoms with Gasteiger partial charge in [-0.25, -0.2) is 9.97 Å². The van der Waals surface area contributed by atoms with Gasteiger partial charge in [0.05, 0.1) is 17.3 Å². The van der Waals surface area contributed by atoms with Gasteiger partial charge in [0.1, 0.15) is 6.04 Å². The highest BCUT2D eigenvalue weighted by atomic mass is 79.9. The van der Waals surface area contributed by atoms with Crippen LogP contribution >= 0.6 is 15.9 Å². The number of hydrogen-bond donors (Lipinski definition) is 1. The topological polar surface area (TPSA) is 96.5 Å². The van der Waals surface area contributed by atoms with E-state index in [4.69, 9.17) is 15.1 Å². The van der Waals surface area contributed by atoms with E-state index < -0.39 is 6.04 Å². The number of hydrogen-bond acceptors (Lipinski definition) is 7. The number of rotatable bonds is 4. The summed E-state index contributed by atoms with van der Waals surface area (Å²) < 4.78 is 4.26. The summed E-state index contributed by atoms with van der Waals surface area (Å²) in [6.45, 7) is 3.60. The molecule has 0 unspecified atom stereocenters. The maximum Gasteiger partial charge on any atom is 0.245 e. The van der Waals surface area contributed by atoms with E-state index in [0.717, 1.165) is 40.4 Å². The number of anilines is 1. The summed E-state index contributed by atoms with van der Waals surface area (Å²) in [5.41, 5.74) is 2.25. The first-order valence-corrected chi connectivity index (χ1v) is 11.8. The van der Waals surface area contributed by atoms with Crippen LogP contribution in [0.15, 0.2) is 35.1 Å². The van der Waals surface area contributed by atoms with Crippen molar-refractivity contribution < 1.29 is 4.79 Å². The number of para-hydroxylation sites is 1. The van der Waals surface area contributed by atoms with Gasteiger partial charge in [0, 0.05) is 48.3 Å². The number of amides is 1. The molecule has 3 atom stereocenters. The Bertz CT molecular complexity index is 1390.